The highest BCUT2D eigenvalue weighted by molar-refractivity contribution is 5.89. The van der Waals surface area contributed by atoms with Gasteiger partial charge in [-0.1, -0.05) is 50.3 Å². The lowest BCUT2D eigenvalue weighted by Gasteiger charge is -2.12. The molecule has 0 saturated carbocycles. The van der Waals surface area contributed by atoms with Crippen molar-refractivity contribution in [1.29, 1.82) is 0 Å². The second kappa shape index (κ2) is 9.81. The van der Waals surface area contributed by atoms with E-state index in [-0.39, 0.29) is 12.1 Å². The maximum absolute atomic E-state index is 12.1. The summed E-state index contributed by atoms with van der Waals surface area (Å²) in [6.07, 6.45) is 5.77. The SMILES string of the molecule is COc1ccc(C(=O)OC(C)CCC=Cc2ccc(C(C)C)cc2)cc1. The van der Waals surface area contributed by atoms with Crippen molar-refractivity contribution in [3.8, 4) is 5.75 Å². The Labute approximate surface area is 156 Å². The van der Waals surface area contributed by atoms with Crippen LogP contribution in [0.1, 0.15) is 61.0 Å². The van der Waals surface area contributed by atoms with Crippen LogP contribution in [-0.2, 0) is 4.74 Å². The Hall–Kier alpha value is -2.55. The second-order valence-corrected chi connectivity index (χ2v) is 6.75. The van der Waals surface area contributed by atoms with Crippen molar-refractivity contribution in [3.63, 3.8) is 0 Å². The van der Waals surface area contributed by atoms with Gasteiger partial charge in [0.15, 0.2) is 0 Å². The highest BCUT2D eigenvalue weighted by atomic mass is 16.5. The lowest BCUT2D eigenvalue weighted by atomic mass is 10.0. The molecule has 0 bridgehead atoms. The van der Waals surface area contributed by atoms with Crippen molar-refractivity contribution in [1.82, 2.24) is 0 Å². The number of allylic oxidation sites excluding steroid dienone is 1. The summed E-state index contributed by atoms with van der Waals surface area (Å²) in [5.41, 5.74) is 3.08. The molecule has 2 aromatic rings. The molecular weight excluding hydrogens is 324 g/mol. The first-order valence-corrected chi connectivity index (χ1v) is 9.11. The van der Waals surface area contributed by atoms with Crippen LogP contribution in [0.25, 0.3) is 6.08 Å². The Kier molecular flexibility index (Phi) is 7.46. The number of methoxy groups -OCH3 is 1. The number of rotatable bonds is 8. The average Bonchev–Trinajstić information content (AvgIpc) is 2.65. The molecule has 3 heteroatoms. The van der Waals surface area contributed by atoms with Gasteiger partial charge in [0.1, 0.15) is 5.75 Å². The predicted molar refractivity (Wildman–Crippen MR) is 107 cm³/mol. The molecule has 0 amide bonds. The van der Waals surface area contributed by atoms with Crippen molar-refractivity contribution in [2.75, 3.05) is 7.11 Å². The molecule has 138 valence electrons. The van der Waals surface area contributed by atoms with Crippen molar-refractivity contribution in [2.45, 2.75) is 45.6 Å². The molecule has 0 saturated heterocycles. The number of hydrogen-bond acceptors (Lipinski definition) is 3. The highest BCUT2D eigenvalue weighted by Gasteiger charge is 2.11. The maximum Gasteiger partial charge on any atom is 0.338 e. The lowest BCUT2D eigenvalue weighted by molar-refractivity contribution is 0.0327. The van der Waals surface area contributed by atoms with Crippen LogP contribution in [0, 0.1) is 0 Å². The Morgan fingerprint density at radius 3 is 2.23 bits per heavy atom. The summed E-state index contributed by atoms with van der Waals surface area (Å²) >= 11 is 0. The quantitative estimate of drug-likeness (QED) is 0.558. The molecule has 0 radical (unpaired) electrons. The van der Waals surface area contributed by atoms with Crippen molar-refractivity contribution in [3.05, 3.63) is 71.3 Å². The van der Waals surface area contributed by atoms with Gasteiger partial charge >= 0.3 is 5.97 Å². The smallest absolute Gasteiger partial charge is 0.338 e. The Morgan fingerprint density at radius 2 is 1.65 bits per heavy atom. The first-order valence-electron chi connectivity index (χ1n) is 9.11. The van der Waals surface area contributed by atoms with E-state index in [4.69, 9.17) is 9.47 Å². The molecule has 0 N–H and O–H groups in total. The summed E-state index contributed by atoms with van der Waals surface area (Å²) in [6.45, 7) is 6.31. The third-order valence-corrected chi connectivity index (χ3v) is 4.29. The van der Waals surface area contributed by atoms with Gasteiger partial charge < -0.3 is 9.47 Å². The molecule has 0 spiro atoms. The molecule has 3 nitrogen and oxygen atoms in total. The van der Waals surface area contributed by atoms with E-state index in [0.717, 1.165) is 18.6 Å². The van der Waals surface area contributed by atoms with Crippen LogP contribution in [0.4, 0.5) is 0 Å². The summed E-state index contributed by atoms with van der Waals surface area (Å²) < 4.78 is 10.6. The van der Waals surface area contributed by atoms with Gasteiger partial charge in [-0.3, -0.25) is 0 Å². The van der Waals surface area contributed by atoms with Gasteiger partial charge in [0.25, 0.3) is 0 Å². The van der Waals surface area contributed by atoms with Crippen LogP contribution in [-0.4, -0.2) is 19.2 Å². The average molecular weight is 352 g/mol. The number of esters is 1. The first-order chi connectivity index (χ1) is 12.5. The van der Waals surface area contributed by atoms with E-state index in [1.54, 1.807) is 31.4 Å². The molecule has 0 aromatic heterocycles. The fourth-order valence-electron chi connectivity index (χ4n) is 2.58. The van der Waals surface area contributed by atoms with Crippen molar-refractivity contribution < 1.29 is 14.3 Å². The topological polar surface area (TPSA) is 35.5 Å². The Morgan fingerprint density at radius 1 is 1.00 bits per heavy atom. The Balaban J connectivity index is 1.77. The molecule has 0 aliphatic heterocycles. The number of benzene rings is 2. The monoisotopic (exact) mass is 352 g/mol. The summed E-state index contributed by atoms with van der Waals surface area (Å²) in [5, 5.41) is 0. The number of hydrogen-bond donors (Lipinski definition) is 0. The molecule has 0 heterocycles. The van der Waals surface area contributed by atoms with Crippen molar-refractivity contribution in [2.24, 2.45) is 0 Å². The largest absolute Gasteiger partial charge is 0.497 e. The van der Waals surface area contributed by atoms with Gasteiger partial charge in [0.2, 0.25) is 0 Å². The van der Waals surface area contributed by atoms with Crippen LogP contribution in [0.15, 0.2) is 54.6 Å². The number of carbonyl (C=O) groups excluding carboxylic acids is 1. The van der Waals surface area contributed by atoms with Gasteiger partial charge in [-0.25, -0.2) is 4.79 Å². The normalized spacial score (nSPS) is 12.3. The summed E-state index contributed by atoms with van der Waals surface area (Å²) in [7, 11) is 1.60. The first kappa shape index (κ1) is 19.8. The minimum absolute atomic E-state index is 0.127. The summed E-state index contributed by atoms with van der Waals surface area (Å²) in [5.74, 6) is 0.976. The van der Waals surface area contributed by atoms with E-state index >= 15 is 0 Å². The third kappa shape index (κ3) is 6.07. The molecule has 0 aliphatic rings. The predicted octanol–water partition coefficient (Wildman–Crippen LogP) is 5.86. The minimum atomic E-state index is -0.298. The van der Waals surface area contributed by atoms with Gasteiger partial charge in [0.05, 0.1) is 18.8 Å². The van der Waals surface area contributed by atoms with E-state index in [2.05, 4.69) is 50.3 Å². The van der Waals surface area contributed by atoms with E-state index in [1.807, 2.05) is 6.92 Å². The molecular formula is C23H28O3. The maximum atomic E-state index is 12.1. The fraction of sp³-hybridized carbons (Fsp3) is 0.348. The van der Waals surface area contributed by atoms with Gasteiger partial charge in [-0.2, -0.15) is 0 Å². The molecule has 2 aromatic carbocycles. The van der Waals surface area contributed by atoms with E-state index in [1.165, 1.54) is 11.1 Å². The minimum Gasteiger partial charge on any atom is -0.497 e. The molecule has 0 aliphatic carbocycles. The van der Waals surface area contributed by atoms with Gasteiger partial charge in [-0.15, -0.1) is 0 Å². The Bertz CT molecular complexity index is 712. The van der Waals surface area contributed by atoms with E-state index in [9.17, 15) is 4.79 Å². The standard InChI is InChI=1S/C23H28O3/c1-17(2)20-11-9-19(10-12-20)8-6-5-7-18(3)26-23(24)21-13-15-22(25-4)16-14-21/h6,8-18H,5,7H2,1-4H3. The van der Waals surface area contributed by atoms with Crippen LogP contribution in [0.2, 0.25) is 0 Å². The molecule has 1 unspecified atom stereocenters. The van der Waals surface area contributed by atoms with Crippen LogP contribution < -0.4 is 4.74 Å². The van der Waals surface area contributed by atoms with E-state index in [0.29, 0.717) is 11.5 Å². The van der Waals surface area contributed by atoms with Crippen LogP contribution >= 0.6 is 0 Å². The van der Waals surface area contributed by atoms with Crippen LogP contribution in [0.3, 0.4) is 0 Å². The van der Waals surface area contributed by atoms with Crippen molar-refractivity contribution >= 4 is 12.0 Å². The highest BCUT2D eigenvalue weighted by Crippen LogP contribution is 2.16. The molecule has 1 atom stereocenters. The van der Waals surface area contributed by atoms with E-state index < -0.39 is 0 Å². The fourth-order valence-corrected chi connectivity index (χ4v) is 2.58. The van der Waals surface area contributed by atoms with Gasteiger partial charge in [-0.05, 0) is 61.1 Å². The number of ether oxygens (including phenoxy) is 2. The number of carbonyl (C=O) groups is 1. The summed E-state index contributed by atoms with van der Waals surface area (Å²) in [4.78, 5) is 12.1. The molecule has 0 fully saturated rings. The third-order valence-electron chi connectivity index (χ3n) is 4.29. The van der Waals surface area contributed by atoms with Crippen LogP contribution in [0.5, 0.6) is 5.75 Å². The lowest BCUT2D eigenvalue weighted by Crippen LogP contribution is -2.14. The molecule has 2 rings (SSSR count). The van der Waals surface area contributed by atoms with Gasteiger partial charge in [0, 0.05) is 0 Å². The zero-order valence-electron chi connectivity index (χ0n) is 16.1. The zero-order valence-corrected chi connectivity index (χ0v) is 16.1. The summed E-state index contributed by atoms with van der Waals surface area (Å²) in [6, 6.07) is 15.6. The zero-order chi connectivity index (χ0) is 18.9. The molecule has 26 heavy (non-hydrogen) atoms. The second-order valence-electron chi connectivity index (χ2n) is 6.75.